The van der Waals surface area contributed by atoms with E-state index >= 15 is 0 Å². The summed E-state index contributed by atoms with van der Waals surface area (Å²) in [7, 11) is 5.71. The normalized spacial score (nSPS) is 21.5. The Labute approximate surface area is 173 Å². The fourth-order valence-corrected chi connectivity index (χ4v) is 4.75. The van der Waals surface area contributed by atoms with E-state index in [0.717, 1.165) is 37.5 Å². The van der Waals surface area contributed by atoms with Gasteiger partial charge in [0.25, 0.3) is 5.56 Å². The number of rotatable bonds is 6. The minimum absolute atomic E-state index is 0.207. The van der Waals surface area contributed by atoms with E-state index in [9.17, 15) is 4.79 Å². The third kappa shape index (κ3) is 4.46. The van der Waals surface area contributed by atoms with E-state index < -0.39 is 0 Å². The monoisotopic (exact) mass is 393 g/mol. The molecular weight excluding hydrogens is 362 g/mol. The van der Waals surface area contributed by atoms with Crippen molar-refractivity contribution in [3.8, 4) is 5.75 Å². The lowest BCUT2D eigenvalue weighted by molar-refractivity contribution is 0.131. The molecule has 3 heterocycles. The van der Waals surface area contributed by atoms with E-state index in [1.807, 2.05) is 32.3 Å². The molecule has 1 fully saturated rings. The molecule has 2 aromatic rings. The molecule has 5 heteroatoms. The predicted molar refractivity (Wildman–Crippen MR) is 117 cm³/mol. The van der Waals surface area contributed by atoms with Crippen LogP contribution in [0.5, 0.6) is 5.75 Å². The van der Waals surface area contributed by atoms with Crippen LogP contribution in [0.1, 0.15) is 29.2 Å². The summed E-state index contributed by atoms with van der Waals surface area (Å²) in [5, 5.41) is 0. The molecule has 2 atom stereocenters. The van der Waals surface area contributed by atoms with Gasteiger partial charge in [-0.05, 0) is 50.2 Å². The van der Waals surface area contributed by atoms with E-state index in [0.29, 0.717) is 18.4 Å². The minimum atomic E-state index is 0.207. The Kier molecular flexibility index (Phi) is 5.88. The molecule has 5 nitrogen and oxygen atoms in total. The van der Waals surface area contributed by atoms with Crippen LogP contribution in [-0.4, -0.2) is 55.2 Å². The summed E-state index contributed by atoms with van der Waals surface area (Å²) in [4.78, 5) is 17.5. The largest absolute Gasteiger partial charge is 0.497 e. The van der Waals surface area contributed by atoms with E-state index in [2.05, 4.69) is 44.7 Å². The highest BCUT2D eigenvalue weighted by Crippen LogP contribution is 2.35. The molecule has 154 valence electrons. The van der Waals surface area contributed by atoms with Gasteiger partial charge in [0, 0.05) is 49.9 Å². The van der Waals surface area contributed by atoms with Gasteiger partial charge in [-0.15, -0.1) is 0 Å². The molecule has 2 bridgehead atoms. The molecule has 1 saturated heterocycles. The van der Waals surface area contributed by atoms with Gasteiger partial charge in [-0.3, -0.25) is 9.69 Å². The van der Waals surface area contributed by atoms with Gasteiger partial charge in [-0.1, -0.05) is 30.4 Å². The van der Waals surface area contributed by atoms with Gasteiger partial charge < -0.3 is 14.2 Å². The Morgan fingerprint density at radius 3 is 2.62 bits per heavy atom. The number of piperidine rings is 1. The van der Waals surface area contributed by atoms with Crippen molar-refractivity contribution >= 4 is 6.08 Å². The quantitative estimate of drug-likeness (QED) is 0.756. The maximum Gasteiger partial charge on any atom is 0.255 e. The van der Waals surface area contributed by atoms with Gasteiger partial charge in [0.1, 0.15) is 5.75 Å². The lowest BCUT2D eigenvalue weighted by Crippen LogP contribution is -2.47. The van der Waals surface area contributed by atoms with Crippen molar-refractivity contribution in [1.82, 2.24) is 14.4 Å². The zero-order valence-electron chi connectivity index (χ0n) is 17.7. The van der Waals surface area contributed by atoms with E-state index in [4.69, 9.17) is 4.74 Å². The molecule has 0 saturated carbocycles. The molecule has 2 aliphatic heterocycles. The summed E-state index contributed by atoms with van der Waals surface area (Å²) in [6, 6.07) is 12.4. The maximum atomic E-state index is 12.9. The molecule has 4 rings (SSSR count). The first-order valence-corrected chi connectivity index (χ1v) is 10.4. The average molecular weight is 394 g/mol. The van der Waals surface area contributed by atoms with Gasteiger partial charge in [0.05, 0.1) is 7.11 Å². The molecule has 0 aliphatic carbocycles. The molecular formula is C24H31N3O2. The third-order valence-corrected chi connectivity index (χ3v) is 6.03. The Bertz CT molecular complexity index is 930. The Balaban J connectivity index is 1.43. The number of aromatic nitrogens is 1. The number of ether oxygens (including phenoxy) is 1. The van der Waals surface area contributed by atoms with Crippen LogP contribution in [0.4, 0.5) is 0 Å². The number of likely N-dealkylation sites (tertiary alicyclic amines) is 1. The standard InChI is InChI=1S/C24H31N3O2/c1-25(2)16-20-8-11-23-21-13-19(15-27(23)24(20)28)14-26(17-21)12-4-5-18-6-9-22(29-3)10-7-18/h4-11,19,21H,12-17H2,1-3H3/b5-4+/t19-,21+/m0/s1. The van der Waals surface area contributed by atoms with E-state index in [1.165, 1.54) is 17.7 Å². The van der Waals surface area contributed by atoms with Gasteiger partial charge in [-0.2, -0.15) is 0 Å². The fourth-order valence-electron chi connectivity index (χ4n) is 4.75. The summed E-state index contributed by atoms with van der Waals surface area (Å²) in [5.41, 5.74) is 3.52. The first kappa shape index (κ1) is 19.9. The van der Waals surface area contributed by atoms with Crippen LogP contribution in [0.3, 0.4) is 0 Å². The lowest BCUT2D eigenvalue weighted by Gasteiger charge is -2.42. The lowest BCUT2D eigenvalue weighted by atomic mass is 9.83. The summed E-state index contributed by atoms with van der Waals surface area (Å²) < 4.78 is 7.27. The van der Waals surface area contributed by atoms with Crippen molar-refractivity contribution < 1.29 is 4.74 Å². The van der Waals surface area contributed by atoms with Crippen LogP contribution in [0, 0.1) is 5.92 Å². The van der Waals surface area contributed by atoms with Gasteiger partial charge >= 0.3 is 0 Å². The van der Waals surface area contributed by atoms with Crippen molar-refractivity contribution in [2.24, 2.45) is 5.92 Å². The summed E-state index contributed by atoms with van der Waals surface area (Å²) >= 11 is 0. The Morgan fingerprint density at radius 1 is 1.10 bits per heavy atom. The summed E-state index contributed by atoms with van der Waals surface area (Å²) in [6.45, 7) is 4.59. The van der Waals surface area contributed by atoms with E-state index in [1.54, 1.807) is 7.11 Å². The molecule has 0 N–H and O–H groups in total. The number of methoxy groups -OCH3 is 1. The van der Waals surface area contributed by atoms with Crippen molar-refractivity contribution in [2.75, 3.05) is 40.8 Å². The molecule has 1 aromatic carbocycles. The minimum Gasteiger partial charge on any atom is -0.497 e. The molecule has 2 aliphatic rings. The van der Waals surface area contributed by atoms with Gasteiger partial charge in [0.15, 0.2) is 0 Å². The van der Waals surface area contributed by atoms with Crippen LogP contribution in [0.15, 0.2) is 47.3 Å². The number of pyridine rings is 1. The SMILES string of the molecule is COc1ccc(/C=C/CN2C[C@@H]3C[C@H](C2)c2ccc(CN(C)C)c(=O)n2C3)cc1. The Hall–Kier alpha value is -2.37. The van der Waals surface area contributed by atoms with Crippen LogP contribution in [-0.2, 0) is 13.1 Å². The molecule has 29 heavy (non-hydrogen) atoms. The van der Waals surface area contributed by atoms with Crippen molar-refractivity contribution in [2.45, 2.75) is 25.4 Å². The zero-order valence-corrected chi connectivity index (χ0v) is 17.7. The topological polar surface area (TPSA) is 37.7 Å². The second-order valence-corrected chi connectivity index (χ2v) is 8.63. The maximum absolute atomic E-state index is 12.9. The second-order valence-electron chi connectivity index (χ2n) is 8.63. The fraction of sp³-hybridized carbons (Fsp3) is 0.458. The van der Waals surface area contributed by atoms with Crippen LogP contribution >= 0.6 is 0 Å². The van der Waals surface area contributed by atoms with Crippen molar-refractivity contribution in [3.63, 3.8) is 0 Å². The van der Waals surface area contributed by atoms with E-state index in [-0.39, 0.29) is 5.56 Å². The second kappa shape index (κ2) is 8.56. The van der Waals surface area contributed by atoms with Gasteiger partial charge in [-0.25, -0.2) is 0 Å². The predicted octanol–water partition coefficient (Wildman–Crippen LogP) is 3.05. The third-order valence-electron chi connectivity index (χ3n) is 6.03. The zero-order chi connectivity index (χ0) is 20.4. The number of nitrogens with zero attached hydrogens (tertiary/aromatic N) is 3. The van der Waals surface area contributed by atoms with Gasteiger partial charge in [0.2, 0.25) is 0 Å². The highest BCUT2D eigenvalue weighted by molar-refractivity contribution is 5.50. The highest BCUT2D eigenvalue weighted by Gasteiger charge is 2.34. The Morgan fingerprint density at radius 2 is 1.90 bits per heavy atom. The molecule has 0 radical (unpaired) electrons. The van der Waals surface area contributed by atoms with Crippen LogP contribution < -0.4 is 10.3 Å². The van der Waals surface area contributed by atoms with Crippen LogP contribution in [0.2, 0.25) is 0 Å². The number of fused-ring (bicyclic) bond motifs is 4. The average Bonchev–Trinajstić information content (AvgIpc) is 2.71. The molecule has 1 aromatic heterocycles. The number of hydrogen-bond donors (Lipinski definition) is 0. The smallest absolute Gasteiger partial charge is 0.255 e. The van der Waals surface area contributed by atoms with Crippen molar-refractivity contribution in [1.29, 1.82) is 0 Å². The molecule has 0 unspecified atom stereocenters. The number of benzene rings is 1. The number of hydrogen-bond acceptors (Lipinski definition) is 4. The summed E-state index contributed by atoms with van der Waals surface area (Å²) in [6.07, 6.45) is 5.62. The van der Waals surface area contributed by atoms with Crippen molar-refractivity contribution in [3.05, 3.63) is 69.6 Å². The molecule has 0 spiro atoms. The summed E-state index contributed by atoms with van der Waals surface area (Å²) in [5.74, 6) is 1.90. The highest BCUT2D eigenvalue weighted by atomic mass is 16.5. The van der Waals surface area contributed by atoms with Crippen LogP contribution in [0.25, 0.3) is 6.08 Å². The first-order valence-electron chi connectivity index (χ1n) is 10.4. The first-order chi connectivity index (χ1) is 14.0. The molecule has 0 amide bonds.